The van der Waals surface area contributed by atoms with E-state index >= 15 is 0 Å². The molecule has 0 radical (unpaired) electrons. The van der Waals surface area contributed by atoms with Gasteiger partial charge in [0, 0.05) is 13.6 Å². The third-order valence-electron chi connectivity index (χ3n) is 2.33. The highest BCUT2D eigenvalue weighted by Crippen LogP contribution is 2.30. The van der Waals surface area contributed by atoms with Crippen molar-refractivity contribution in [2.24, 2.45) is 5.92 Å². The van der Waals surface area contributed by atoms with Crippen LogP contribution in [0.1, 0.15) is 19.8 Å². The van der Waals surface area contributed by atoms with Gasteiger partial charge in [-0.15, -0.1) is 0 Å². The summed E-state index contributed by atoms with van der Waals surface area (Å²) in [6, 6.07) is 0. The number of aliphatic carboxylic acids is 1. The lowest BCUT2D eigenvalue weighted by molar-refractivity contribution is -0.141. The Hall–Kier alpha value is -0.620. The molecule has 0 aliphatic heterocycles. The molecule has 1 saturated carbocycles. The topological polar surface area (TPSA) is 74.7 Å². The van der Waals surface area contributed by atoms with E-state index in [1.807, 2.05) is 0 Å². The molecule has 0 aromatic carbocycles. The molecule has 1 atom stereocenters. The molecular weight excluding hydrogens is 206 g/mol. The Morgan fingerprint density at radius 1 is 1.57 bits per heavy atom. The van der Waals surface area contributed by atoms with Crippen LogP contribution in [-0.4, -0.2) is 42.6 Å². The van der Waals surface area contributed by atoms with Crippen LogP contribution >= 0.6 is 0 Å². The summed E-state index contributed by atoms with van der Waals surface area (Å²) in [5, 5.41) is 8.36. The number of nitrogens with zero attached hydrogens (tertiary/aromatic N) is 1. The Bertz CT molecular complexity index is 320. The molecular formula is C8H15NO4S. The van der Waals surface area contributed by atoms with E-state index in [0.29, 0.717) is 12.8 Å². The number of hydrogen-bond donors (Lipinski definition) is 1. The number of carboxylic acid groups (broad SMARTS) is 1. The number of rotatable bonds is 5. The highest BCUT2D eigenvalue weighted by atomic mass is 32.2. The molecule has 0 aromatic rings. The fourth-order valence-electron chi connectivity index (χ4n) is 1.19. The average Bonchev–Trinajstić information content (AvgIpc) is 2.85. The monoisotopic (exact) mass is 221 g/mol. The van der Waals surface area contributed by atoms with Crippen LogP contribution in [0.5, 0.6) is 0 Å². The predicted molar refractivity (Wildman–Crippen MR) is 51.4 cm³/mol. The van der Waals surface area contributed by atoms with Gasteiger partial charge in [-0.25, -0.2) is 12.7 Å². The Morgan fingerprint density at radius 3 is 2.43 bits per heavy atom. The van der Waals surface area contributed by atoms with Gasteiger partial charge >= 0.3 is 5.97 Å². The van der Waals surface area contributed by atoms with Gasteiger partial charge < -0.3 is 5.11 Å². The zero-order valence-electron chi connectivity index (χ0n) is 8.30. The van der Waals surface area contributed by atoms with Crippen LogP contribution in [0, 0.1) is 5.92 Å². The van der Waals surface area contributed by atoms with Gasteiger partial charge in [-0.3, -0.25) is 4.79 Å². The first kappa shape index (κ1) is 11.5. The van der Waals surface area contributed by atoms with Gasteiger partial charge in [0.2, 0.25) is 10.0 Å². The Labute approximate surface area is 83.8 Å². The normalized spacial score (nSPS) is 19.6. The average molecular weight is 221 g/mol. The molecule has 1 unspecified atom stereocenters. The van der Waals surface area contributed by atoms with Crippen molar-refractivity contribution in [1.82, 2.24) is 4.31 Å². The van der Waals surface area contributed by atoms with Crippen molar-refractivity contribution < 1.29 is 18.3 Å². The summed E-state index contributed by atoms with van der Waals surface area (Å²) in [5.41, 5.74) is 0. The van der Waals surface area contributed by atoms with E-state index in [1.165, 1.54) is 14.0 Å². The number of hydrogen-bond acceptors (Lipinski definition) is 3. The number of carboxylic acids is 1. The van der Waals surface area contributed by atoms with Gasteiger partial charge in [0.15, 0.2) is 0 Å². The minimum absolute atomic E-state index is 0.0498. The lowest BCUT2D eigenvalue weighted by Crippen LogP contribution is -2.35. The molecule has 6 heteroatoms. The summed E-state index contributed by atoms with van der Waals surface area (Å²) >= 11 is 0. The summed E-state index contributed by atoms with van der Waals surface area (Å²) in [6.45, 7) is 1.55. The first-order valence-electron chi connectivity index (χ1n) is 4.53. The summed E-state index contributed by atoms with van der Waals surface area (Å²) in [5.74, 6) is -1.63. The number of sulfonamides is 1. The lowest BCUT2D eigenvalue weighted by Gasteiger charge is -2.18. The highest BCUT2D eigenvalue weighted by molar-refractivity contribution is 7.90. The predicted octanol–water partition coefficient (Wildman–Crippen LogP) is 0.131. The van der Waals surface area contributed by atoms with Gasteiger partial charge in [-0.1, -0.05) is 6.92 Å². The molecule has 0 bridgehead atoms. The SMILES string of the molecule is CC(CN(C)S(=O)(=O)C1CC1)C(=O)O. The second-order valence-electron chi connectivity index (χ2n) is 3.76. The molecule has 1 aliphatic carbocycles. The lowest BCUT2D eigenvalue weighted by atomic mass is 10.2. The minimum Gasteiger partial charge on any atom is -0.481 e. The van der Waals surface area contributed by atoms with Gasteiger partial charge in [-0.2, -0.15) is 0 Å². The summed E-state index contributed by atoms with van der Waals surface area (Å²) in [7, 11) is -1.79. The number of carbonyl (C=O) groups is 1. The summed E-state index contributed by atoms with van der Waals surface area (Å²) < 4.78 is 24.3. The van der Waals surface area contributed by atoms with E-state index in [-0.39, 0.29) is 11.8 Å². The smallest absolute Gasteiger partial charge is 0.307 e. The van der Waals surface area contributed by atoms with Crippen molar-refractivity contribution in [3.05, 3.63) is 0 Å². The van der Waals surface area contributed by atoms with Crippen LogP contribution in [-0.2, 0) is 14.8 Å². The molecule has 0 amide bonds. The fourth-order valence-corrected chi connectivity index (χ4v) is 2.86. The first-order chi connectivity index (χ1) is 6.35. The second-order valence-corrected chi connectivity index (χ2v) is 6.08. The first-order valence-corrected chi connectivity index (χ1v) is 6.04. The van der Waals surface area contributed by atoms with Gasteiger partial charge in [0.25, 0.3) is 0 Å². The molecule has 0 heterocycles. The van der Waals surface area contributed by atoms with Crippen molar-refractivity contribution >= 4 is 16.0 Å². The molecule has 0 spiro atoms. The molecule has 1 aliphatic rings. The van der Waals surface area contributed by atoms with Gasteiger partial charge in [0.1, 0.15) is 0 Å². The van der Waals surface area contributed by atoms with E-state index in [4.69, 9.17) is 5.11 Å². The largest absolute Gasteiger partial charge is 0.481 e. The standard InChI is InChI=1S/C8H15NO4S/c1-6(8(10)11)5-9(2)14(12,13)7-3-4-7/h6-7H,3-5H2,1-2H3,(H,10,11). The van der Waals surface area contributed by atoms with E-state index in [2.05, 4.69) is 0 Å². The maximum atomic E-state index is 11.6. The Morgan fingerprint density at radius 2 is 2.07 bits per heavy atom. The molecule has 1 fully saturated rings. The van der Waals surface area contributed by atoms with Crippen LogP contribution in [0.2, 0.25) is 0 Å². The maximum absolute atomic E-state index is 11.6. The van der Waals surface area contributed by atoms with Crippen LogP contribution < -0.4 is 0 Å². The van der Waals surface area contributed by atoms with Crippen molar-refractivity contribution in [2.75, 3.05) is 13.6 Å². The second kappa shape index (κ2) is 3.86. The van der Waals surface area contributed by atoms with Gasteiger partial charge in [-0.05, 0) is 12.8 Å². The van der Waals surface area contributed by atoms with Crippen molar-refractivity contribution in [3.63, 3.8) is 0 Å². The van der Waals surface area contributed by atoms with E-state index in [9.17, 15) is 13.2 Å². The maximum Gasteiger partial charge on any atom is 0.307 e. The van der Waals surface area contributed by atoms with Crippen molar-refractivity contribution in [2.45, 2.75) is 25.0 Å². The van der Waals surface area contributed by atoms with Crippen LogP contribution in [0.3, 0.4) is 0 Å². The van der Waals surface area contributed by atoms with Gasteiger partial charge in [0.05, 0.1) is 11.2 Å². The van der Waals surface area contributed by atoms with Crippen LogP contribution in [0.25, 0.3) is 0 Å². The zero-order chi connectivity index (χ0) is 10.9. The van der Waals surface area contributed by atoms with E-state index in [1.54, 1.807) is 0 Å². The fraction of sp³-hybridized carbons (Fsp3) is 0.875. The summed E-state index contributed by atoms with van der Waals surface area (Å²) in [4.78, 5) is 10.5. The molecule has 5 nitrogen and oxygen atoms in total. The van der Waals surface area contributed by atoms with Crippen molar-refractivity contribution in [3.8, 4) is 0 Å². The molecule has 1 rings (SSSR count). The van der Waals surface area contributed by atoms with Crippen molar-refractivity contribution in [1.29, 1.82) is 0 Å². The Kier molecular flexibility index (Phi) is 3.16. The Balaban J connectivity index is 2.57. The third-order valence-corrected chi connectivity index (χ3v) is 4.66. The minimum atomic E-state index is -3.22. The zero-order valence-corrected chi connectivity index (χ0v) is 9.12. The van der Waals surface area contributed by atoms with Crippen LogP contribution in [0.15, 0.2) is 0 Å². The molecule has 14 heavy (non-hydrogen) atoms. The highest BCUT2D eigenvalue weighted by Gasteiger charge is 2.39. The summed E-state index contributed by atoms with van der Waals surface area (Å²) in [6.07, 6.45) is 1.41. The van der Waals surface area contributed by atoms with Crippen LogP contribution in [0.4, 0.5) is 0 Å². The molecule has 0 aromatic heterocycles. The van der Waals surface area contributed by atoms with E-state index < -0.39 is 21.9 Å². The molecule has 0 saturated heterocycles. The quantitative estimate of drug-likeness (QED) is 0.716. The molecule has 1 N–H and O–H groups in total. The van der Waals surface area contributed by atoms with E-state index in [0.717, 1.165) is 4.31 Å². The third kappa shape index (κ3) is 2.45. The molecule has 82 valence electrons.